The molecule has 2 heterocycles. The standard InChI is InChI=1S/C25H22ClF3N4O4S/c26-20-6-5-15(12-31-20)24(9-10-24)22(35)33-13-16(11-18(33)21(34)32-23(14-30)7-8-23)38(36,37)19-4-2-1-3-17(19)25(27,28)29/h1-6,12,16,18H,7-11,13H2,(H,32,34)/t16-,18+/m1/s1. The first kappa shape index (κ1) is 26.4. The van der Waals surface area contributed by atoms with Crippen molar-refractivity contribution in [1.29, 1.82) is 5.26 Å². The van der Waals surface area contributed by atoms with Crippen LogP contribution in [-0.2, 0) is 31.0 Å². The minimum atomic E-state index is -4.92. The second-order valence-electron chi connectivity index (χ2n) is 10.0. The van der Waals surface area contributed by atoms with Gasteiger partial charge in [-0.1, -0.05) is 29.8 Å². The molecule has 0 bridgehead atoms. The van der Waals surface area contributed by atoms with E-state index in [-0.39, 0.29) is 5.15 Å². The molecule has 0 unspecified atom stereocenters. The number of sulfone groups is 1. The Morgan fingerprint density at radius 3 is 2.37 bits per heavy atom. The molecule has 8 nitrogen and oxygen atoms in total. The first-order chi connectivity index (χ1) is 17.8. The molecule has 2 amide bonds. The number of halogens is 4. The Hall–Kier alpha value is -3.17. The van der Waals surface area contributed by atoms with Gasteiger partial charge in [0, 0.05) is 12.7 Å². The van der Waals surface area contributed by atoms with Crippen molar-refractivity contribution in [2.75, 3.05) is 6.54 Å². The van der Waals surface area contributed by atoms with E-state index < -0.39 is 73.5 Å². The summed E-state index contributed by atoms with van der Waals surface area (Å²) in [5.41, 5.74) is -2.87. The van der Waals surface area contributed by atoms with Gasteiger partial charge >= 0.3 is 6.18 Å². The highest BCUT2D eigenvalue weighted by atomic mass is 35.5. The van der Waals surface area contributed by atoms with Gasteiger partial charge in [-0.15, -0.1) is 0 Å². The summed E-state index contributed by atoms with van der Waals surface area (Å²) in [7, 11) is -4.60. The topological polar surface area (TPSA) is 120 Å². The average Bonchev–Trinajstić information content (AvgIpc) is 3.80. The third-order valence-electron chi connectivity index (χ3n) is 7.53. The molecular formula is C25H22ClF3N4O4S. The molecular weight excluding hydrogens is 545 g/mol. The van der Waals surface area contributed by atoms with Gasteiger partial charge in [-0.05, 0) is 55.9 Å². The zero-order chi connectivity index (χ0) is 27.5. The van der Waals surface area contributed by atoms with E-state index in [2.05, 4.69) is 10.3 Å². The van der Waals surface area contributed by atoms with Crippen molar-refractivity contribution in [3.05, 3.63) is 58.9 Å². The lowest BCUT2D eigenvalue weighted by molar-refractivity contribution is -0.140. The second-order valence-corrected chi connectivity index (χ2v) is 12.6. The summed E-state index contributed by atoms with van der Waals surface area (Å²) in [6, 6.07) is 7.75. The number of nitrogens with one attached hydrogen (secondary N) is 1. The molecule has 200 valence electrons. The lowest BCUT2D eigenvalue weighted by atomic mass is 9.95. The number of rotatable bonds is 6. The number of aromatic nitrogens is 1. The molecule has 0 spiro atoms. The highest BCUT2D eigenvalue weighted by Gasteiger charge is 2.58. The molecule has 38 heavy (non-hydrogen) atoms. The summed E-state index contributed by atoms with van der Waals surface area (Å²) in [6.45, 7) is -0.465. The number of benzene rings is 1. The Bertz CT molecular complexity index is 1450. The first-order valence-electron chi connectivity index (χ1n) is 11.9. The van der Waals surface area contributed by atoms with Crippen LogP contribution in [0.4, 0.5) is 13.2 Å². The highest BCUT2D eigenvalue weighted by Crippen LogP contribution is 2.51. The van der Waals surface area contributed by atoms with Crippen LogP contribution in [-0.4, -0.2) is 53.5 Å². The minimum absolute atomic E-state index is 0.219. The molecule has 1 aromatic heterocycles. The monoisotopic (exact) mass is 566 g/mol. The SMILES string of the molecule is N#CC1(NC(=O)[C@@H]2C[C@@H](S(=O)(=O)c3ccccc3C(F)(F)F)CN2C(=O)C2(c3ccc(Cl)nc3)CC2)CC1. The molecule has 1 N–H and O–H groups in total. The van der Waals surface area contributed by atoms with Gasteiger partial charge in [0.25, 0.3) is 0 Å². The van der Waals surface area contributed by atoms with Crippen molar-refractivity contribution in [1.82, 2.24) is 15.2 Å². The number of pyridine rings is 1. The van der Waals surface area contributed by atoms with Crippen LogP contribution in [0.5, 0.6) is 0 Å². The molecule has 1 saturated heterocycles. The zero-order valence-electron chi connectivity index (χ0n) is 19.8. The van der Waals surface area contributed by atoms with Crippen LogP contribution in [0.25, 0.3) is 0 Å². The van der Waals surface area contributed by atoms with Gasteiger partial charge < -0.3 is 10.2 Å². The number of hydrogen-bond acceptors (Lipinski definition) is 6. The van der Waals surface area contributed by atoms with E-state index in [0.29, 0.717) is 37.3 Å². The van der Waals surface area contributed by atoms with Crippen molar-refractivity contribution in [2.24, 2.45) is 0 Å². The van der Waals surface area contributed by atoms with Gasteiger partial charge in [-0.3, -0.25) is 9.59 Å². The summed E-state index contributed by atoms with van der Waals surface area (Å²) in [4.78, 5) is 31.4. The van der Waals surface area contributed by atoms with Crippen molar-refractivity contribution in [2.45, 2.75) is 65.4 Å². The van der Waals surface area contributed by atoms with E-state index in [1.54, 1.807) is 6.07 Å². The fourth-order valence-electron chi connectivity index (χ4n) is 5.02. The van der Waals surface area contributed by atoms with Gasteiger partial charge in [0.2, 0.25) is 11.8 Å². The minimum Gasteiger partial charge on any atom is -0.336 e. The number of hydrogen-bond donors (Lipinski definition) is 1. The van der Waals surface area contributed by atoms with Crippen molar-refractivity contribution >= 4 is 33.3 Å². The molecule has 5 rings (SSSR count). The van der Waals surface area contributed by atoms with Gasteiger partial charge in [0.05, 0.1) is 27.2 Å². The van der Waals surface area contributed by atoms with E-state index in [1.807, 2.05) is 6.07 Å². The molecule has 13 heteroatoms. The molecule has 1 aliphatic heterocycles. The maximum absolute atomic E-state index is 13.9. The lowest BCUT2D eigenvalue weighted by Crippen LogP contribution is -2.51. The van der Waals surface area contributed by atoms with E-state index in [9.17, 15) is 36.4 Å². The molecule has 2 atom stereocenters. The average molecular weight is 567 g/mol. The fourth-order valence-corrected chi connectivity index (χ4v) is 7.04. The third kappa shape index (κ3) is 4.52. The Kier molecular flexibility index (Phi) is 6.23. The van der Waals surface area contributed by atoms with Crippen molar-refractivity contribution in [3.63, 3.8) is 0 Å². The van der Waals surface area contributed by atoms with Crippen molar-refractivity contribution < 1.29 is 31.2 Å². The molecule has 3 aliphatic rings. The molecule has 2 saturated carbocycles. The number of likely N-dealkylation sites (tertiary alicyclic amines) is 1. The summed E-state index contributed by atoms with van der Waals surface area (Å²) < 4.78 is 68.0. The molecule has 3 fully saturated rings. The van der Waals surface area contributed by atoms with Crippen molar-refractivity contribution in [3.8, 4) is 6.07 Å². The first-order valence-corrected chi connectivity index (χ1v) is 13.8. The van der Waals surface area contributed by atoms with Crippen LogP contribution >= 0.6 is 11.6 Å². The van der Waals surface area contributed by atoms with Crippen LogP contribution in [0.1, 0.15) is 43.2 Å². The molecule has 0 radical (unpaired) electrons. The van der Waals surface area contributed by atoms with E-state index >= 15 is 0 Å². The predicted molar refractivity (Wildman–Crippen MR) is 128 cm³/mol. The Labute approximate surface area is 221 Å². The summed E-state index contributed by atoms with van der Waals surface area (Å²) in [5.74, 6) is -1.21. The molecule has 2 aromatic rings. The molecule has 1 aromatic carbocycles. The predicted octanol–water partition coefficient (Wildman–Crippen LogP) is 3.40. The quantitative estimate of drug-likeness (QED) is 0.535. The maximum Gasteiger partial charge on any atom is 0.417 e. The number of nitrogens with zero attached hydrogens (tertiary/aromatic N) is 3. The van der Waals surface area contributed by atoms with Crippen LogP contribution in [0, 0.1) is 11.3 Å². The van der Waals surface area contributed by atoms with Gasteiger partial charge in [0.15, 0.2) is 9.84 Å². The van der Waals surface area contributed by atoms with Gasteiger partial charge in [-0.25, -0.2) is 13.4 Å². The lowest BCUT2D eigenvalue weighted by Gasteiger charge is -2.29. The number of carbonyl (C=O) groups is 2. The van der Waals surface area contributed by atoms with Crippen LogP contribution in [0.3, 0.4) is 0 Å². The number of nitriles is 1. The zero-order valence-corrected chi connectivity index (χ0v) is 21.4. The Balaban J connectivity index is 1.50. The highest BCUT2D eigenvalue weighted by molar-refractivity contribution is 7.92. The Morgan fingerprint density at radius 1 is 1.13 bits per heavy atom. The second kappa shape index (κ2) is 8.95. The van der Waals surface area contributed by atoms with Crippen LogP contribution < -0.4 is 5.32 Å². The Morgan fingerprint density at radius 2 is 1.82 bits per heavy atom. The van der Waals surface area contributed by atoms with Gasteiger partial charge in [-0.2, -0.15) is 18.4 Å². The third-order valence-corrected chi connectivity index (χ3v) is 9.94. The number of amides is 2. The van der Waals surface area contributed by atoms with E-state index in [4.69, 9.17) is 11.6 Å². The summed E-state index contributed by atoms with van der Waals surface area (Å²) >= 11 is 5.87. The van der Waals surface area contributed by atoms with Crippen LogP contribution in [0.15, 0.2) is 47.5 Å². The molecule has 2 aliphatic carbocycles. The normalized spacial score (nSPS) is 23.4. The largest absolute Gasteiger partial charge is 0.417 e. The number of carbonyl (C=O) groups excluding carboxylic acids is 2. The van der Waals surface area contributed by atoms with Gasteiger partial charge in [0.1, 0.15) is 16.7 Å². The maximum atomic E-state index is 13.9. The summed E-state index contributed by atoms with van der Waals surface area (Å²) in [6.07, 6.45) is -2.19. The summed E-state index contributed by atoms with van der Waals surface area (Å²) in [5, 5.41) is 10.8. The fraction of sp³-hybridized carbons (Fsp3) is 0.440. The number of alkyl halides is 3. The smallest absolute Gasteiger partial charge is 0.336 e. The van der Waals surface area contributed by atoms with Crippen LogP contribution in [0.2, 0.25) is 5.15 Å². The van der Waals surface area contributed by atoms with E-state index in [0.717, 1.165) is 17.0 Å². The van der Waals surface area contributed by atoms with E-state index in [1.165, 1.54) is 18.3 Å².